The molecule has 3 rings (SSSR count). The van der Waals surface area contributed by atoms with E-state index in [0.717, 1.165) is 44.1 Å². The fraction of sp³-hybridized carbons (Fsp3) is 0.857. The lowest BCUT2D eigenvalue weighted by atomic mass is 9.76. The van der Waals surface area contributed by atoms with Crippen LogP contribution in [0, 0.1) is 5.92 Å². The number of nitrogens with zero attached hydrogens (tertiary/aromatic N) is 2. The van der Waals surface area contributed by atoms with Gasteiger partial charge in [-0.25, -0.2) is 0 Å². The Morgan fingerprint density at radius 3 is 2.58 bits per heavy atom. The maximum absolute atomic E-state index is 5.63. The zero-order chi connectivity index (χ0) is 13.5. The van der Waals surface area contributed by atoms with Crippen molar-refractivity contribution in [2.24, 2.45) is 5.92 Å². The normalized spacial score (nSPS) is 29.7. The van der Waals surface area contributed by atoms with Gasteiger partial charge in [0.2, 0.25) is 11.7 Å². The van der Waals surface area contributed by atoms with Gasteiger partial charge in [0.25, 0.3) is 0 Å². The summed E-state index contributed by atoms with van der Waals surface area (Å²) in [4.78, 5) is 4.71. The molecule has 0 spiro atoms. The van der Waals surface area contributed by atoms with Crippen LogP contribution < -0.4 is 5.32 Å². The molecular weight excluding hydrogens is 242 g/mol. The summed E-state index contributed by atoms with van der Waals surface area (Å²) in [6.07, 6.45) is 4.23. The predicted octanol–water partition coefficient (Wildman–Crippen LogP) is 1.98. The molecule has 2 heterocycles. The first kappa shape index (κ1) is 13.1. The first-order valence-corrected chi connectivity index (χ1v) is 7.23. The van der Waals surface area contributed by atoms with Gasteiger partial charge in [-0.1, -0.05) is 19.0 Å². The molecule has 2 fully saturated rings. The Morgan fingerprint density at radius 2 is 2.11 bits per heavy atom. The SMILES string of the molecule is COC1(c2noc(C3(C(C)C)CCNC3)n2)CCC1. The van der Waals surface area contributed by atoms with E-state index in [4.69, 9.17) is 14.2 Å². The lowest BCUT2D eigenvalue weighted by Gasteiger charge is -2.37. The number of ether oxygens (including phenoxy) is 1. The third kappa shape index (κ3) is 1.82. The molecule has 0 radical (unpaired) electrons. The molecule has 1 saturated heterocycles. The smallest absolute Gasteiger partial charge is 0.234 e. The number of rotatable bonds is 4. The van der Waals surface area contributed by atoms with Crippen molar-refractivity contribution < 1.29 is 9.26 Å². The van der Waals surface area contributed by atoms with Gasteiger partial charge >= 0.3 is 0 Å². The molecule has 1 aliphatic carbocycles. The number of hydrogen-bond acceptors (Lipinski definition) is 5. The highest BCUT2D eigenvalue weighted by molar-refractivity contribution is 5.15. The van der Waals surface area contributed by atoms with Crippen LogP contribution in [0.4, 0.5) is 0 Å². The van der Waals surface area contributed by atoms with Crippen LogP contribution in [0.3, 0.4) is 0 Å². The van der Waals surface area contributed by atoms with Gasteiger partial charge < -0.3 is 14.6 Å². The van der Waals surface area contributed by atoms with Crippen LogP contribution in [0.25, 0.3) is 0 Å². The van der Waals surface area contributed by atoms with E-state index in [1.54, 1.807) is 7.11 Å². The minimum absolute atomic E-state index is 0.00999. The zero-order valence-electron chi connectivity index (χ0n) is 12.0. The summed E-state index contributed by atoms with van der Waals surface area (Å²) in [6, 6.07) is 0. The highest BCUT2D eigenvalue weighted by Crippen LogP contribution is 2.44. The molecule has 1 N–H and O–H groups in total. The van der Waals surface area contributed by atoms with Crippen LogP contribution in [0.2, 0.25) is 0 Å². The average molecular weight is 265 g/mol. The lowest BCUT2D eigenvalue weighted by Crippen LogP contribution is -2.38. The molecule has 106 valence electrons. The summed E-state index contributed by atoms with van der Waals surface area (Å²) < 4.78 is 11.2. The van der Waals surface area contributed by atoms with Crippen LogP contribution in [0.5, 0.6) is 0 Å². The van der Waals surface area contributed by atoms with Crippen molar-refractivity contribution in [3.8, 4) is 0 Å². The summed E-state index contributed by atoms with van der Waals surface area (Å²) >= 11 is 0. The Morgan fingerprint density at radius 1 is 1.32 bits per heavy atom. The highest BCUT2D eigenvalue weighted by Gasteiger charge is 2.47. The highest BCUT2D eigenvalue weighted by atomic mass is 16.5. The molecule has 1 aliphatic heterocycles. The summed E-state index contributed by atoms with van der Waals surface area (Å²) in [5.41, 5.74) is -0.296. The third-order valence-electron chi connectivity index (χ3n) is 5.10. The quantitative estimate of drug-likeness (QED) is 0.902. The van der Waals surface area contributed by atoms with Crippen molar-refractivity contribution in [2.45, 2.75) is 50.5 Å². The maximum atomic E-state index is 5.63. The topological polar surface area (TPSA) is 60.2 Å². The number of methoxy groups -OCH3 is 1. The number of hydrogen-bond donors (Lipinski definition) is 1. The van der Waals surface area contributed by atoms with Crippen molar-refractivity contribution in [1.82, 2.24) is 15.5 Å². The summed E-state index contributed by atoms with van der Waals surface area (Å²) in [5, 5.41) is 7.64. The Bertz CT molecular complexity index is 440. The second kappa shape index (κ2) is 4.56. The lowest BCUT2D eigenvalue weighted by molar-refractivity contribution is -0.0858. The van der Waals surface area contributed by atoms with Gasteiger partial charge in [-0.15, -0.1) is 0 Å². The average Bonchev–Trinajstić information content (AvgIpc) is 2.97. The molecule has 1 unspecified atom stereocenters. The van der Waals surface area contributed by atoms with Gasteiger partial charge in [0.05, 0.1) is 5.41 Å². The Balaban J connectivity index is 1.92. The molecule has 0 aromatic carbocycles. The van der Waals surface area contributed by atoms with Crippen molar-refractivity contribution >= 4 is 0 Å². The van der Waals surface area contributed by atoms with Crippen LogP contribution in [-0.2, 0) is 15.8 Å². The van der Waals surface area contributed by atoms with Crippen LogP contribution in [0.1, 0.15) is 51.2 Å². The van der Waals surface area contributed by atoms with Crippen molar-refractivity contribution in [1.29, 1.82) is 0 Å². The van der Waals surface area contributed by atoms with Gasteiger partial charge in [-0.2, -0.15) is 4.98 Å². The van der Waals surface area contributed by atoms with E-state index < -0.39 is 0 Å². The summed E-state index contributed by atoms with van der Waals surface area (Å²) in [6.45, 7) is 6.40. The van der Waals surface area contributed by atoms with Crippen LogP contribution >= 0.6 is 0 Å². The van der Waals surface area contributed by atoms with E-state index >= 15 is 0 Å². The van der Waals surface area contributed by atoms with E-state index in [1.807, 2.05) is 0 Å². The van der Waals surface area contributed by atoms with Gasteiger partial charge in [-0.3, -0.25) is 0 Å². The summed E-state index contributed by atoms with van der Waals surface area (Å²) in [5.74, 6) is 2.00. The molecular formula is C14H23N3O2. The fourth-order valence-electron chi connectivity index (χ4n) is 3.26. The molecule has 0 amide bonds. The molecule has 1 atom stereocenters. The van der Waals surface area contributed by atoms with E-state index in [1.165, 1.54) is 6.42 Å². The molecule has 1 saturated carbocycles. The van der Waals surface area contributed by atoms with Crippen molar-refractivity contribution in [2.75, 3.05) is 20.2 Å². The standard InChI is InChI=1S/C14H23N3O2/c1-10(2)13(7-8-15-9-13)12-16-11(17-19-12)14(18-3)5-4-6-14/h10,15H,4-9H2,1-3H3. The van der Waals surface area contributed by atoms with E-state index in [0.29, 0.717) is 5.92 Å². The molecule has 1 aromatic heterocycles. The van der Waals surface area contributed by atoms with Crippen molar-refractivity contribution in [3.63, 3.8) is 0 Å². The van der Waals surface area contributed by atoms with Gasteiger partial charge in [0.15, 0.2) is 0 Å². The molecule has 2 aliphatic rings. The monoisotopic (exact) mass is 265 g/mol. The zero-order valence-corrected chi connectivity index (χ0v) is 12.0. The second-order valence-electron chi connectivity index (χ2n) is 6.21. The van der Waals surface area contributed by atoms with E-state index in [9.17, 15) is 0 Å². The Labute approximate surface area is 114 Å². The predicted molar refractivity (Wildman–Crippen MR) is 70.8 cm³/mol. The first-order chi connectivity index (χ1) is 9.13. The van der Waals surface area contributed by atoms with Gasteiger partial charge in [-0.05, 0) is 38.1 Å². The molecule has 5 heteroatoms. The summed E-state index contributed by atoms with van der Waals surface area (Å²) in [7, 11) is 1.74. The molecule has 19 heavy (non-hydrogen) atoms. The Hall–Kier alpha value is -0.940. The molecule has 0 bridgehead atoms. The third-order valence-corrected chi connectivity index (χ3v) is 5.10. The van der Waals surface area contributed by atoms with Crippen molar-refractivity contribution in [3.05, 3.63) is 11.7 Å². The maximum Gasteiger partial charge on any atom is 0.234 e. The molecule has 1 aromatic rings. The van der Waals surface area contributed by atoms with Gasteiger partial charge in [0.1, 0.15) is 5.60 Å². The van der Waals surface area contributed by atoms with Crippen LogP contribution in [0.15, 0.2) is 4.52 Å². The van der Waals surface area contributed by atoms with E-state index in [2.05, 4.69) is 24.3 Å². The number of nitrogens with one attached hydrogen (secondary N) is 1. The van der Waals surface area contributed by atoms with E-state index in [-0.39, 0.29) is 11.0 Å². The largest absolute Gasteiger partial charge is 0.370 e. The fourth-order valence-corrected chi connectivity index (χ4v) is 3.26. The van der Waals surface area contributed by atoms with Crippen LogP contribution in [-0.4, -0.2) is 30.3 Å². The minimum atomic E-state index is -0.286. The number of aromatic nitrogens is 2. The Kier molecular flexibility index (Phi) is 3.14. The van der Waals surface area contributed by atoms with Gasteiger partial charge in [0, 0.05) is 13.7 Å². The first-order valence-electron chi connectivity index (χ1n) is 7.23. The second-order valence-corrected chi connectivity index (χ2v) is 6.21. The molecule has 5 nitrogen and oxygen atoms in total. The minimum Gasteiger partial charge on any atom is -0.370 e.